The molecule has 0 amide bonds. The minimum absolute atomic E-state index is 0.568. The fourth-order valence-corrected chi connectivity index (χ4v) is 2.36. The van der Waals surface area contributed by atoms with Gasteiger partial charge in [-0.25, -0.2) is 0 Å². The average molecular weight is 168 g/mol. The minimum atomic E-state index is 0.568. The largest absolute Gasteiger partial charge is 0.0838 e. The van der Waals surface area contributed by atoms with Gasteiger partial charge in [0.1, 0.15) is 0 Å². The summed E-state index contributed by atoms with van der Waals surface area (Å²) in [5.74, 6) is 1.15. The molecule has 0 aromatic heterocycles. The Labute approximate surface area is 78.7 Å². The molecule has 0 bridgehead atoms. The van der Waals surface area contributed by atoms with Gasteiger partial charge in [0.05, 0.1) is 0 Å². The van der Waals surface area contributed by atoms with Crippen LogP contribution in [0, 0.1) is 11.8 Å². The van der Waals surface area contributed by atoms with E-state index in [1.807, 2.05) is 0 Å². The molecular formula is C13H12. The first-order valence-corrected chi connectivity index (χ1v) is 4.88. The van der Waals surface area contributed by atoms with Gasteiger partial charge in [-0.15, -0.1) is 0 Å². The van der Waals surface area contributed by atoms with Crippen LogP contribution in [0.3, 0.4) is 0 Å². The molecule has 0 heteroatoms. The summed E-state index contributed by atoms with van der Waals surface area (Å²) in [5.41, 5.74) is 3.03. The highest BCUT2D eigenvalue weighted by Crippen LogP contribution is 2.39. The van der Waals surface area contributed by atoms with Gasteiger partial charge >= 0.3 is 0 Å². The summed E-state index contributed by atoms with van der Waals surface area (Å²) in [6.45, 7) is 0. The van der Waals surface area contributed by atoms with E-state index in [4.69, 9.17) is 0 Å². The molecule has 0 radical (unpaired) electrons. The van der Waals surface area contributed by atoms with E-state index in [2.05, 4.69) is 48.6 Å². The molecular weight excluding hydrogens is 156 g/mol. The minimum Gasteiger partial charge on any atom is -0.0838 e. The Morgan fingerprint density at radius 3 is 3.15 bits per heavy atom. The van der Waals surface area contributed by atoms with Gasteiger partial charge in [0.2, 0.25) is 0 Å². The summed E-state index contributed by atoms with van der Waals surface area (Å²) in [6, 6.07) is 0. The number of allylic oxidation sites excluding steroid dienone is 10. The first-order valence-electron chi connectivity index (χ1n) is 4.88. The van der Waals surface area contributed by atoms with Crippen molar-refractivity contribution in [2.45, 2.75) is 6.42 Å². The summed E-state index contributed by atoms with van der Waals surface area (Å²) in [4.78, 5) is 0. The lowest BCUT2D eigenvalue weighted by molar-refractivity contribution is 0.760. The van der Waals surface area contributed by atoms with Gasteiger partial charge in [0, 0.05) is 11.8 Å². The van der Waals surface area contributed by atoms with Gasteiger partial charge in [-0.1, -0.05) is 54.2 Å². The van der Waals surface area contributed by atoms with Crippen LogP contribution in [0.1, 0.15) is 6.42 Å². The summed E-state index contributed by atoms with van der Waals surface area (Å²) >= 11 is 0. The summed E-state index contributed by atoms with van der Waals surface area (Å²) in [6.07, 6.45) is 19.3. The molecule has 64 valence electrons. The van der Waals surface area contributed by atoms with Crippen molar-refractivity contribution in [2.24, 2.45) is 11.8 Å². The molecule has 0 nitrogen and oxygen atoms in total. The molecule has 0 saturated carbocycles. The van der Waals surface area contributed by atoms with Crippen molar-refractivity contribution >= 4 is 0 Å². The molecule has 0 aromatic carbocycles. The summed E-state index contributed by atoms with van der Waals surface area (Å²) < 4.78 is 0. The van der Waals surface area contributed by atoms with Crippen LogP contribution in [-0.4, -0.2) is 0 Å². The van der Waals surface area contributed by atoms with Crippen molar-refractivity contribution in [2.75, 3.05) is 0 Å². The van der Waals surface area contributed by atoms with Crippen molar-refractivity contribution in [3.05, 3.63) is 59.8 Å². The third-order valence-corrected chi connectivity index (χ3v) is 3.02. The van der Waals surface area contributed by atoms with Crippen LogP contribution in [0.4, 0.5) is 0 Å². The monoisotopic (exact) mass is 168 g/mol. The van der Waals surface area contributed by atoms with Crippen LogP contribution in [0.25, 0.3) is 0 Å². The first-order chi connectivity index (χ1) is 6.45. The van der Waals surface area contributed by atoms with E-state index in [-0.39, 0.29) is 0 Å². The number of hydrogen-bond donors (Lipinski definition) is 0. The SMILES string of the molecule is C1=CC2C(=C1)C=CC1C=CCC=C12. The topological polar surface area (TPSA) is 0 Å². The second-order valence-corrected chi connectivity index (χ2v) is 3.78. The normalized spacial score (nSPS) is 33.8. The lowest BCUT2D eigenvalue weighted by Crippen LogP contribution is -2.14. The molecule has 3 aliphatic carbocycles. The Morgan fingerprint density at radius 2 is 2.15 bits per heavy atom. The Hall–Kier alpha value is -1.30. The van der Waals surface area contributed by atoms with E-state index in [1.165, 1.54) is 5.57 Å². The highest BCUT2D eigenvalue weighted by atomic mass is 14.3. The fourth-order valence-electron chi connectivity index (χ4n) is 2.36. The van der Waals surface area contributed by atoms with Gasteiger partial charge in [-0.3, -0.25) is 0 Å². The van der Waals surface area contributed by atoms with Gasteiger partial charge in [0.25, 0.3) is 0 Å². The quantitative estimate of drug-likeness (QED) is 0.487. The summed E-state index contributed by atoms with van der Waals surface area (Å²) in [5, 5.41) is 0. The van der Waals surface area contributed by atoms with Crippen molar-refractivity contribution < 1.29 is 0 Å². The molecule has 13 heavy (non-hydrogen) atoms. The van der Waals surface area contributed by atoms with E-state index in [1.54, 1.807) is 5.57 Å². The molecule has 0 aliphatic heterocycles. The molecule has 0 heterocycles. The molecule has 2 unspecified atom stereocenters. The van der Waals surface area contributed by atoms with Crippen LogP contribution in [0.15, 0.2) is 59.8 Å². The predicted molar refractivity (Wildman–Crippen MR) is 55.2 cm³/mol. The molecule has 0 N–H and O–H groups in total. The summed E-state index contributed by atoms with van der Waals surface area (Å²) in [7, 11) is 0. The fraction of sp³-hybridized carbons (Fsp3) is 0.231. The standard InChI is InChI=1S/C13H12/c1-2-6-12-10(4-1)8-9-11-5-3-7-13(11)12/h1,3-10,13H,2H2. The highest BCUT2D eigenvalue weighted by molar-refractivity contribution is 5.49. The van der Waals surface area contributed by atoms with Crippen LogP contribution < -0.4 is 0 Å². The number of hydrogen-bond acceptors (Lipinski definition) is 0. The second kappa shape index (κ2) is 2.59. The lowest BCUT2D eigenvalue weighted by atomic mass is 9.77. The third-order valence-electron chi connectivity index (χ3n) is 3.02. The highest BCUT2D eigenvalue weighted by Gasteiger charge is 2.26. The first kappa shape index (κ1) is 7.14. The Bertz CT molecular complexity index is 375. The van der Waals surface area contributed by atoms with Crippen LogP contribution >= 0.6 is 0 Å². The second-order valence-electron chi connectivity index (χ2n) is 3.78. The molecule has 0 aromatic rings. The molecule has 0 spiro atoms. The van der Waals surface area contributed by atoms with E-state index in [9.17, 15) is 0 Å². The lowest BCUT2D eigenvalue weighted by Gasteiger charge is -2.27. The molecule has 0 saturated heterocycles. The van der Waals surface area contributed by atoms with E-state index in [0.29, 0.717) is 11.8 Å². The van der Waals surface area contributed by atoms with Gasteiger partial charge in [-0.05, 0) is 12.0 Å². The molecule has 3 aliphatic rings. The number of rotatable bonds is 0. The zero-order valence-electron chi connectivity index (χ0n) is 7.48. The van der Waals surface area contributed by atoms with Crippen LogP contribution in [0.2, 0.25) is 0 Å². The van der Waals surface area contributed by atoms with Crippen molar-refractivity contribution in [1.82, 2.24) is 0 Å². The van der Waals surface area contributed by atoms with Gasteiger partial charge in [-0.2, -0.15) is 0 Å². The Kier molecular flexibility index (Phi) is 1.42. The number of fused-ring (bicyclic) bond motifs is 3. The van der Waals surface area contributed by atoms with Crippen LogP contribution in [-0.2, 0) is 0 Å². The zero-order chi connectivity index (χ0) is 8.67. The maximum Gasteiger partial charge on any atom is 0.0240 e. The Balaban J connectivity index is 2.09. The van der Waals surface area contributed by atoms with Crippen molar-refractivity contribution in [3.8, 4) is 0 Å². The smallest absolute Gasteiger partial charge is 0.0240 e. The molecule has 3 rings (SSSR count). The zero-order valence-corrected chi connectivity index (χ0v) is 7.48. The van der Waals surface area contributed by atoms with Gasteiger partial charge in [0.15, 0.2) is 0 Å². The maximum atomic E-state index is 2.38. The average Bonchev–Trinajstić information content (AvgIpc) is 2.65. The third kappa shape index (κ3) is 0.983. The van der Waals surface area contributed by atoms with E-state index >= 15 is 0 Å². The maximum absolute atomic E-state index is 2.38. The van der Waals surface area contributed by atoms with Crippen molar-refractivity contribution in [3.63, 3.8) is 0 Å². The predicted octanol–water partition coefficient (Wildman–Crippen LogP) is 3.17. The van der Waals surface area contributed by atoms with Crippen LogP contribution in [0.5, 0.6) is 0 Å². The molecule has 2 atom stereocenters. The van der Waals surface area contributed by atoms with E-state index < -0.39 is 0 Å². The Morgan fingerprint density at radius 1 is 1.15 bits per heavy atom. The van der Waals surface area contributed by atoms with Gasteiger partial charge < -0.3 is 0 Å². The van der Waals surface area contributed by atoms with Crippen molar-refractivity contribution in [1.29, 1.82) is 0 Å². The van der Waals surface area contributed by atoms with E-state index in [0.717, 1.165) is 6.42 Å². The molecule has 0 fully saturated rings.